The van der Waals surface area contributed by atoms with Crippen LogP contribution in [-0.4, -0.2) is 31.0 Å². The topological polar surface area (TPSA) is 58.9 Å². The molecule has 0 aromatic heterocycles. The molecule has 0 bridgehead atoms. The first-order chi connectivity index (χ1) is 13.5. The van der Waals surface area contributed by atoms with Crippen molar-refractivity contribution < 1.29 is 14.4 Å². The molecule has 0 radical (unpaired) electrons. The fraction of sp³-hybridized carbons (Fsp3) is 0.696. The Kier molecular flexibility index (Phi) is 13.0. The molecule has 0 saturated heterocycles. The zero-order chi connectivity index (χ0) is 20.7. The molecule has 5 heteroatoms. The highest BCUT2D eigenvalue weighted by molar-refractivity contribution is 7.61. The second-order valence-corrected chi connectivity index (χ2v) is 10.9. The quantitative estimate of drug-likeness (QED) is 0.229. The highest BCUT2D eigenvalue weighted by Gasteiger charge is 2.14. The second kappa shape index (κ2) is 14.7. The fourth-order valence-electron chi connectivity index (χ4n) is 3.27. The number of carboxylic acid groups (broad SMARTS) is 1. The Bertz CT molecular complexity index is 598. The van der Waals surface area contributed by atoms with Crippen LogP contribution in [0.4, 0.5) is 0 Å². The van der Waals surface area contributed by atoms with Crippen molar-refractivity contribution in [2.75, 3.05) is 19.9 Å². The summed E-state index contributed by atoms with van der Waals surface area (Å²) in [6, 6.07) is 7.80. The van der Waals surface area contributed by atoms with Crippen LogP contribution in [-0.2, 0) is 11.2 Å². The van der Waals surface area contributed by atoms with Crippen molar-refractivity contribution in [2.24, 2.45) is 4.74 Å². The van der Waals surface area contributed by atoms with Gasteiger partial charge >= 0.3 is 5.97 Å². The number of carboxylic acids is 1. The van der Waals surface area contributed by atoms with Gasteiger partial charge in [0.05, 0.1) is 0 Å². The highest BCUT2D eigenvalue weighted by Crippen LogP contribution is 2.47. The lowest BCUT2D eigenvalue weighted by atomic mass is 10.1. The maximum atomic E-state index is 10.7. The first-order valence-electron chi connectivity index (χ1n) is 11.0. The van der Waals surface area contributed by atoms with Gasteiger partial charge in [0.2, 0.25) is 0 Å². The maximum absolute atomic E-state index is 10.7. The molecular formula is C23H40NO3P. The van der Waals surface area contributed by atoms with Crippen molar-refractivity contribution in [3.8, 4) is 5.75 Å². The molecule has 0 aliphatic carbocycles. The van der Waals surface area contributed by atoms with Crippen molar-refractivity contribution in [2.45, 2.75) is 84.0 Å². The minimum absolute atomic E-state index is 0.161. The SMILES string of the molecule is CCCCCCCCCCCCP(C)(=NC)Oc1ccc(CCC(=O)O)cc1. The molecule has 4 nitrogen and oxygen atoms in total. The molecule has 0 saturated carbocycles. The van der Waals surface area contributed by atoms with Crippen molar-refractivity contribution in [1.82, 2.24) is 0 Å². The monoisotopic (exact) mass is 409 g/mol. The van der Waals surface area contributed by atoms with Crippen LogP contribution in [0.3, 0.4) is 0 Å². The number of aliphatic carboxylic acids is 1. The van der Waals surface area contributed by atoms with Crippen LogP contribution in [0, 0.1) is 0 Å². The lowest BCUT2D eigenvalue weighted by Gasteiger charge is -2.21. The number of hydrogen-bond donors (Lipinski definition) is 1. The van der Waals surface area contributed by atoms with E-state index in [0.29, 0.717) is 6.42 Å². The summed E-state index contributed by atoms with van der Waals surface area (Å²) >= 11 is 0. The van der Waals surface area contributed by atoms with Crippen molar-refractivity contribution >= 4 is 13.3 Å². The van der Waals surface area contributed by atoms with E-state index in [9.17, 15) is 4.79 Å². The van der Waals surface area contributed by atoms with Gasteiger partial charge in [-0.15, -0.1) is 0 Å². The van der Waals surface area contributed by atoms with Crippen LogP contribution in [0.15, 0.2) is 29.0 Å². The van der Waals surface area contributed by atoms with E-state index < -0.39 is 13.3 Å². The van der Waals surface area contributed by atoms with E-state index in [4.69, 9.17) is 9.63 Å². The fourth-order valence-corrected chi connectivity index (χ4v) is 5.03. The summed E-state index contributed by atoms with van der Waals surface area (Å²) in [6.07, 6.45) is 15.1. The van der Waals surface area contributed by atoms with Crippen LogP contribution in [0.1, 0.15) is 83.1 Å². The van der Waals surface area contributed by atoms with Gasteiger partial charge in [-0.3, -0.25) is 9.54 Å². The molecular weight excluding hydrogens is 369 g/mol. The third-order valence-electron chi connectivity index (χ3n) is 5.20. The van der Waals surface area contributed by atoms with E-state index >= 15 is 0 Å². The van der Waals surface area contributed by atoms with Gasteiger partial charge in [-0.25, -0.2) is 0 Å². The van der Waals surface area contributed by atoms with Crippen molar-refractivity contribution in [3.05, 3.63) is 29.8 Å². The highest BCUT2D eigenvalue weighted by atomic mass is 31.2. The van der Waals surface area contributed by atoms with E-state index in [-0.39, 0.29) is 6.42 Å². The number of rotatable bonds is 16. The van der Waals surface area contributed by atoms with Crippen LogP contribution in [0.25, 0.3) is 0 Å². The van der Waals surface area contributed by atoms with E-state index in [1.165, 1.54) is 64.2 Å². The Balaban J connectivity index is 2.26. The van der Waals surface area contributed by atoms with Crippen molar-refractivity contribution in [1.29, 1.82) is 0 Å². The summed E-state index contributed by atoms with van der Waals surface area (Å²) in [5.41, 5.74) is 1.03. The van der Waals surface area contributed by atoms with Gasteiger partial charge in [0.25, 0.3) is 0 Å². The zero-order valence-corrected chi connectivity index (χ0v) is 19.1. The number of hydrogen-bond acceptors (Lipinski definition) is 3. The zero-order valence-electron chi connectivity index (χ0n) is 18.2. The molecule has 1 rings (SSSR count). The van der Waals surface area contributed by atoms with Gasteiger partial charge in [-0.2, -0.15) is 0 Å². The first-order valence-corrected chi connectivity index (χ1v) is 13.3. The van der Waals surface area contributed by atoms with E-state index in [1.807, 2.05) is 31.3 Å². The molecule has 0 spiro atoms. The largest absolute Gasteiger partial charge is 0.481 e. The average molecular weight is 410 g/mol. The van der Waals surface area contributed by atoms with Gasteiger partial charge in [0.15, 0.2) is 0 Å². The van der Waals surface area contributed by atoms with Crippen LogP contribution < -0.4 is 4.52 Å². The lowest BCUT2D eigenvalue weighted by molar-refractivity contribution is -0.136. The Morgan fingerprint density at radius 1 is 0.964 bits per heavy atom. The Morgan fingerprint density at radius 2 is 1.50 bits per heavy atom. The molecule has 0 heterocycles. The molecule has 0 aliphatic heterocycles. The summed E-state index contributed by atoms with van der Waals surface area (Å²) in [5.74, 6) is 0.0766. The molecule has 1 aromatic rings. The molecule has 1 atom stereocenters. The number of carbonyl (C=O) groups is 1. The van der Waals surface area contributed by atoms with E-state index in [2.05, 4.69) is 18.3 Å². The maximum Gasteiger partial charge on any atom is 0.303 e. The van der Waals surface area contributed by atoms with Crippen molar-refractivity contribution in [3.63, 3.8) is 0 Å². The first kappa shape index (κ1) is 24.8. The minimum atomic E-state index is -1.76. The number of unbranched alkanes of at least 4 members (excludes halogenated alkanes) is 9. The normalized spacial score (nSPS) is 13.1. The predicted molar refractivity (Wildman–Crippen MR) is 121 cm³/mol. The van der Waals surface area contributed by atoms with E-state index in [0.717, 1.165) is 17.5 Å². The summed E-state index contributed by atoms with van der Waals surface area (Å²) in [6.45, 7) is 4.42. The van der Waals surface area contributed by atoms with Gasteiger partial charge in [-0.1, -0.05) is 76.8 Å². The molecule has 0 amide bonds. The van der Waals surface area contributed by atoms with Crippen LogP contribution >= 0.6 is 7.28 Å². The molecule has 1 N–H and O–H groups in total. The summed E-state index contributed by atoms with van der Waals surface area (Å²) < 4.78 is 10.8. The molecule has 0 fully saturated rings. The van der Waals surface area contributed by atoms with Gasteiger partial charge in [-0.05, 0) is 30.5 Å². The van der Waals surface area contributed by atoms with E-state index in [1.54, 1.807) is 0 Å². The molecule has 0 aliphatic rings. The third kappa shape index (κ3) is 11.5. The summed E-state index contributed by atoms with van der Waals surface area (Å²) in [5, 5.41) is 8.78. The minimum Gasteiger partial charge on any atom is -0.481 e. The number of benzene rings is 1. The van der Waals surface area contributed by atoms with Gasteiger partial charge in [0, 0.05) is 26.3 Å². The smallest absolute Gasteiger partial charge is 0.303 e. The Hall–Kier alpha value is -1.28. The summed E-state index contributed by atoms with van der Waals surface area (Å²) in [7, 11) is 0.105. The van der Waals surface area contributed by atoms with Gasteiger partial charge in [0.1, 0.15) is 13.0 Å². The number of nitrogens with zero attached hydrogens (tertiary/aromatic N) is 1. The Labute approximate surface area is 172 Å². The predicted octanol–water partition coefficient (Wildman–Crippen LogP) is 7.38. The standard InChI is InChI=1S/C23H40NO3P/c1-4-5-6-7-8-9-10-11-12-13-20-28(3,24-2)27-22-17-14-21(15-18-22)16-19-23(25)26/h14-15,17-18H,4-13,16,19-20H2,1-3H3,(H,25,26). The average Bonchev–Trinajstić information content (AvgIpc) is 2.69. The van der Waals surface area contributed by atoms with Crippen LogP contribution in [0.5, 0.6) is 5.75 Å². The molecule has 1 unspecified atom stereocenters. The molecule has 28 heavy (non-hydrogen) atoms. The third-order valence-corrected chi connectivity index (χ3v) is 7.80. The van der Waals surface area contributed by atoms with Crippen LogP contribution in [0.2, 0.25) is 0 Å². The molecule has 1 aromatic carbocycles. The lowest BCUT2D eigenvalue weighted by Crippen LogP contribution is -1.99. The number of aryl methyl sites for hydroxylation is 1. The summed E-state index contributed by atoms with van der Waals surface area (Å²) in [4.78, 5) is 10.7. The molecule has 160 valence electrons. The van der Waals surface area contributed by atoms with Gasteiger partial charge < -0.3 is 9.63 Å². The Morgan fingerprint density at radius 3 is 2.00 bits per heavy atom. The second-order valence-electron chi connectivity index (χ2n) is 7.79.